The monoisotopic (exact) mass is 358 g/mol. The van der Waals surface area contributed by atoms with Crippen LogP contribution in [0.1, 0.15) is 40.0 Å². The molecule has 0 amide bonds. The Balaban J connectivity index is 1.55. The molecule has 2 saturated carbocycles. The van der Waals surface area contributed by atoms with Crippen LogP contribution in [-0.2, 0) is 9.53 Å². The molecule has 0 spiro atoms. The molecule has 22 heavy (non-hydrogen) atoms. The van der Waals surface area contributed by atoms with Gasteiger partial charge in [-0.1, -0.05) is 44.3 Å². The van der Waals surface area contributed by atoms with E-state index in [0.29, 0.717) is 11.7 Å². The number of ether oxygens (including phenoxy) is 1. The number of esters is 1. The van der Waals surface area contributed by atoms with Gasteiger partial charge in [-0.3, -0.25) is 4.79 Å². The van der Waals surface area contributed by atoms with Crippen molar-refractivity contribution < 1.29 is 9.53 Å². The molecule has 2 bridgehead atoms. The number of rotatable bonds is 5. The molecule has 0 N–H and O–H groups in total. The first-order valence-electron chi connectivity index (χ1n) is 7.57. The van der Waals surface area contributed by atoms with Gasteiger partial charge >= 0.3 is 5.97 Å². The minimum Gasteiger partial charge on any atom is -0.461 e. The number of carbonyl (C=O) groups is 1. The molecular weight excluding hydrogens is 336 g/mol. The lowest BCUT2D eigenvalue weighted by Gasteiger charge is -2.38. The van der Waals surface area contributed by atoms with Crippen LogP contribution in [0.25, 0.3) is 0 Å². The Labute approximate surface area is 144 Å². The zero-order chi connectivity index (χ0) is 16.0. The van der Waals surface area contributed by atoms with Crippen molar-refractivity contribution in [2.75, 3.05) is 12.0 Å². The van der Waals surface area contributed by atoms with E-state index in [1.807, 2.05) is 6.26 Å². The van der Waals surface area contributed by atoms with E-state index in [2.05, 4.69) is 30.1 Å². The quantitative estimate of drug-likeness (QED) is 0.583. The highest BCUT2D eigenvalue weighted by atomic mass is 32.2. The number of aromatic nitrogens is 2. The molecule has 1 aromatic rings. The molecule has 3 atom stereocenters. The summed E-state index contributed by atoms with van der Waals surface area (Å²) in [5.74, 6) is 0.886. The molecule has 2 aliphatic carbocycles. The normalized spacial score (nSPS) is 32.4. The highest BCUT2D eigenvalue weighted by Crippen LogP contribution is 2.66. The van der Waals surface area contributed by atoms with Gasteiger partial charge in [-0.15, -0.1) is 0 Å². The standard InChI is InChI=1S/C15H22N2O2S3/c1-14(2)9-5-6-15(14,3)10(7-9)19-11(18)8-21-13-16-12(20-4)17-22-13/h9-10H,5-8H2,1-4H3/t9-,10-,15-/m1/s1. The lowest BCUT2D eigenvalue weighted by molar-refractivity contribution is -0.153. The Morgan fingerprint density at radius 2 is 2.23 bits per heavy atom. The molecule has 0 radical (unpaired) electrons. The average Bonchev–Trinajstić information content (AvgIpc) is 3.07. The van der Waals surface area contributed by atoms with Crippen LogP contribution in [0.2, 0.25) is 0 Å². The molecule has 122 valence electrons. The fourth-order valence-corrected chi connectivity index (χ4v) is 5.95. The van der Waals surface area contributed by atoms with Crippen LogP contribution in [0.5, 0.6) is 0 Å². The summed E-state index contributed by atoms with van der Waals surface area (Å²) in [7, 11) is 0. The Kier molecular flexibility index (Phi) is 4.51. The number of thioether (sulfide) groups is 2. The van der Waals surface area contributed by atoms with E-state index in [-0.39, 0.29) is 22.9 Å². The number of hydrogen-bond donors (Lipinski definition) is 0. The number of hydrogen-bond acceptors (Lipinski definition) is 7. The fourth-order valence-electron chi connectivity index (χ4n) is 3.96. The molecular formula is C15H22N2O2S3. The number of nitrogens with zero attached hydrogens (tertiary/aromatic N) is 2. The second-order valence-electron chi connectivity index (χ2n) is 6.92. The Morgan fingerprint density at radius 1 is 1.45 bits per heavy atom. The van der Waals surface area contributed by atoms with Gasteiger partial charge in [-0.25, -0.2) is 4.98 Å². The number of fused-ring (bicyclic) bond motifs is 2. The maximum atomic E-state index is 12.2. The molecule has 1 aromatic heterocycles. The van der Waals surface area contributed by atoms with E-state index < -0.39 is 0 Å². The van der Waals surface area contributed by atoms with E-state index in [9.17, 15) is 4.79 Å². The molecule has 2 aliphatic rings. The SMILES string of the molecule is CSc1nsc(SCC(=O)O[C@@H]2C[C@H]3CC[C@@]2(C)C3(C)C)n1. The highest BCUT2D eigenvalue weighted by molar-refractivity contribution is 8.01. The molecule has 2 fully saturated rings. The van der Waals surface area contributed by atoms with E-state index in [1.54, 1.807) is 0 Å². The van der Waals surface area contributed by atoms with Crippen molar-refractivity contribution in [3.05, 3.63) is 0 Å². The Bertz CT molecular complexity index is 575. The zero-order valence-electron chi connectivity index (χ0n) is 13.4. The van der Waals surface area contributed by atoms with Crippen LogP contribution in [0.3, 0.4) is 0 Å². The van der Waals surface area contributed by atoms with Crippen LogP contribution in [0, 0.1) is 16.7 Å². The van der Waals surface area contributed by atoms with Gasteiger partial charge in [0.2, 0.25) is 5.16 Å². The van der Waals surface area contributed by atoms with Crippen molar-refractivity contribution in [3.63, 3.8) is 0 Å². The summed E-state index contributed by atoms with van der Waals surface area (Å²) >= 11 is 4.28. The summed E-state index contributed by atoms with van der Waals surface area (Å²) in [5, 5.41) is 0.767. The van der Waals surface area contributed by atoms with Crippen molar-refractivity contribution in [2.24, 2.45) is 16.7 Å². The molecule has 7 heteroatoms. The van der Waals surface area contributed by atoms with Gasteiger partial charge in [-0.05, 0) is 48.4 Å². The predicted octanol–water partition coefficient (Wildman–Crippen LogP) is 4.11. The first kappa shape index (κ1) is 16.6. The van der Waals surface area contributed by atoms with Gasteiger partial charge in [0.25, 0.3) is 0 Å². The van der Waals surface area contributed by atoms with E-state index in [0.717, 1.165) is 15.9 Å². The van der Waals surface area contributed by atoms with Gasteiger partial charge in [0.1, 0.15) is 6.10 Å². The van der Waals surface area contributed by atoms with Gasteiger partial charge in [-0.2, -0.15) is 4.37 Å². The maximum absolute atomic E-state index is 12.2. The minimum atomic E-state index is -0.125. The molecule has 3 rings (SSSR count). The Morgan fingerprint density at radius 3 is 2.77 bits per heavy atom. The van der Waals surface area contributed by atoms with Crippen molar-refractivity contribution in [1.82, 2.24) is 9.36 Å². The Hall–Kier alpha value is -0.270. The largest absolute Gasteiger partial charge is 0.461 e. The fraction of sp³-hybridized carbons (Fsp3) is 0.800. The van der Waals surface area contributed by atoms with Crippen molar-refractivity contribution >= 4 is 41.0 Å². The second-order valence-corrected chi connectivity index (χ2v) is 9.67. The first-order valence-corrected chi connectivity index (χ1v) is 10.5. The van der Waals surface area contributed by atoms with E-state index in [1.165, 1.54) is 47.9 Å². The van der Waals surface area contributed by atoms with Crippen molar-refractivity contribution in [2.45, 2.75) is 55.6 Å². The van der Waals surface area contributed by atoms with Crippen molar-refractivity contribution in [1.29, 1.82) is 0 Å². The molecule has 1 heterocycles. The lowest BCUT2D eigenvalue weighted by atomic mass is 9.70. The summed E-state index contributed by atoms with van der Waals surface area (Å²) in [6, 6.07) is 0. The maximum Gasteiger partial charge on any atom is 0.316 e. The minimum absolute atomic E-state index is 0.0746. The summed E-state index contributed by atoms with van der Waals surface area (Å²) in [6.45, 7) is 6.96. The lowest BCUT2D eigenvalue weighted by Crippen LogP contribution is -2.38. The summed E-state index contributed by atoms with van der Waals surface area (Å²) in [5.41, 5.74) is 0.407. The van der Waals surface area contributed by atoms with Gasteiger partial charge in [0, 0.05) is 5.41 Å². The average molecular weight is 359 g/mol. The van der Waals surface area contributed by atoms with Gasteiger partial charge in [0.05, 0.1) is 5.75 Å². The highest BCUT2D eigenvalue weighted by Gasteiger charge is 2.62. The third-order valence-corrected chi connectivity index (χ3v) is 8.34. The van der Waals surface area contributed by atoms with Crippen LogP contribution in [0.15, 0.2) is 9.50 Å². The smallest absolute Gasteiger partial charge is 0.316 e. The van der Waals surface area contributed by atoms with E-state index in [4.69, 9.17) is 4.74 Å². The van der Waals surface area contributed by atoms with Gasteiger partial charge in [0.15, 0.2) is 4.34 Å². The molecule has 4 nitrogen and oxygen atoms in total. The second kappa shape index (κ2) is 5.98. The van der Waals surface area contributed by atoms with Gasteiger partial charge < -0.3 is 4.74 Å². The van der Waals surface area contributed by atoms with Crippen LogP contribution in [-0.4, -0.2) is 33.4 Å². The summed E-state index contributed by atoms with van der Waals surface area (Å²) in [6.07, 6.45) is 5.49. The zero-order valence-corrected chi connectivity index (χ0v) is 15.9. The van der Waals surface area contributed by atoms with Crippen LogP contribution in [0.4, 0.5) is 0 Å². The summed E-state index contributed by atoms with van der Waals surface area (Å²) in [4.78, 5) is 16.5. The van der Waals surface area contributed by atoms with Crippen LogP contribution < -0.4 is 0 Å². The molecule has 0 aromatic carbocycles. The molecule has 0 saturated heterocycles. The predicted molar refractivity (Wildman–Crippen MR) is 91.5 cm³/mol. The van der Waals surface area contributed by atoms with E-state index >= 15 is 0 Å². The first-order chi connectivity index (χ1) is 10.4. The van der Waals surface area contributed by atoms with Crippen molar-refractivity contribution in [3.8, 4) is 0 Å². The summed E-state index contributed by atoms with van der Waals surface area (Å²) < 4.78 is 10.9. The molecule has 0 unspecified atom stereocenters. The topological polar surface area (TPSA) is 52.1 Å². The third-order valence-electron chi connectivity index (χ3n) is 5.87. The number of carbonyl (C=O) groups excluding carboxylic acids is 1. The third kappa shape index (κ3) is 2.69. The van der Waals surface area contributed by atoms with Crippen LogP contribution >= 0.6 is 35.1 Å². The molecule has 0 aliphatic heterocycles.